The van der Waals surface area contributed by atoms with Gasteiger partial charge in [-0.05, 0) is 35.9 Å². The molecule has 2 aromatic carbocycles. The number of para-hydroxylation sites is 1. The Hall–Kier alpha value is -2.87. The van der Waals surface area contributed by atoms with Gasteiger partial charge in [0.15, 0.2) is 0 Å². The third kappa shape index (κ3) is 4.33. The van der Waals surface area contributed by atoms with Gasteiger partial charge in [0.2, 0.25) is 15.9 Å². The molecule has 28 heavy (non-hydrogen) atoms. The Morgan fingerprint density at radius 3 is 2.50 bits per heavy atom. The maximum Gasteiger partial charge on any atom is 0.242 e. The molecule has 0 aromatic heterocycles. The first-order chi connectivity index (χ1) is 13.3. The van der Waals surface area contributed by atoms with Crippen LogP contribution in [0.1, 0.15) is 36.9 Å². The summed E-state index contributed by atoms with van der Waals surface area (Å²) in [7, 11) is -1.85. The average Bonchev–Trinajstić information content (AvgIpc) is 3.12. The van der Waals surface area contributed by atoms with Crippen LogP contribution in [0.5, 0.6) is 5.75 Å². The number of hydrogen-bond acceptors (Lipinski definition) is 5. The second-order valence-corrected chi connectivity index (χ2v) is 8.30. The fraction of sp³-hybridized carbons (Fsp3) is 0.300. The molecule has 1 amide bonds. The molecule has 1 heterocycles. The number of nitrogens with one attached hydrogen (secondary N) is 1. The molecule has 1 atom stereocenters. The van der Waals surface area contributed by atoms with Crippen LogP contribution in [0.2, 0.25) is 0 Å². The number of carbonyl (C=O) groups excluding carboxylic acids is 1. The molecule has 2 aromatic rings. The third-order valence-corrected chi connectivity index (χ3v) is 5.10. The SMILES string of the molecule is CCC(=O)N1N=C(c2ccc(OC)cc2)CC1c1ccccc1NS(C)(=O)=O. The molecule has 1 aliphatic rings. The number of benzene rings is 2. The zero-order valence-corrected chi connectivity index (χ0v) is 16.9. The number of ether oxygens (including phenoxy) is 1. The maximum atomic E-state index is 12.5. The smallest absolute Gasteiger partial charge is 0.242 e. The van der Waals surface area contributed by atoms with Crippen molar-refractivity contribution in [3.63, 3.8) is 0 Å². The molecule has 1 unspecified atom stereocenters. The minimum absolute atomic E-state index is 0.123. The molecular formula is C20H23N3O4S. The molecule has 0 saturated carbocycles. The topological polar surface area (TPSA) is 88.1 Å². The Labute approximate surface area is 165 Å². The summed E-state index contributed by atoms with van der Waals surface area (Å²) in [6, 6.07) is 14.2. The van der Waals surface area contributed by atoms with Gasteiger partial charge in [-0.3, -0.25) is 9.52 Å². The highest BCUT2D eigenvalue weighted by Gasteiger charge is 2.34. The molecule has 7 nitrogen and oxygen atoms in total. The highest BCUT2D eigenvalue weighted by atomic mass is 32.2. The first kappa shape index (κ1) is 19.9. The number of amides is 1. The molecule has 0 radical (unpaired) electrons. The summed E-state index contributed by atoms with van der Waals surface area (Å²) in [5.74, 6) is 0.616. The van der Waals surface area contributed by atoms with Crippen molar-refractivity contribution in [2.24, 2.45) is 5.10 Å². The lowest BCUT2D eigenvalue weighted by molar-refractivity contribution is -0.132. The van der Waals surface area contributed by atoms with Crippen molar-refractivity contribution < 1.29 is 17.9 Å². The second kappa shape index (κ2) is 8.02. The monoisotopic (exact) mass is 401 g/mol. The van der Waals surface area contributed by atoms with Crippen LogP contribution in [0, 0.1) is 0 Å². The Balaban J connectivity index is 1.98. The molecule has 3 rings (SSSR count). The van der Waals surface area contributed by atoms with E-state index in [9.17, 15) is 13.2 Å². The Morgan fingerprint density at radius 1 is 1.21 bits per heavy atom. The van der Waals surface area contributed by atoms with E-state index in [1.165, 1.54) is 5.01 Å². The summed E-state index contributed by atoms with van der Waals surface area (Å²) in [5, 5.41) is 6.02. The Bertz CT molecular complexity index is 1000. The lowest BCUT2D eigenvalue weighted by atomic mass is 9.97. The lowest BCUT2D eigenvalue weighted by Gasteiger charge is -2.23. The van der Waals surface area contributed by atoms with Crippen LogP contribution >= 0.6 is 0 Å². The predicted octanol–water partition coefficient (Wildman–Crippen LogP) is 3.15. The zero-order chi connectivity index (χ0) is 20.3. The Kier molecular flexibility index (Phi) is 5.69. The fourth-order valence-electron chi connectivity index (χ4n) is 3.18. The molecule has 0 saturated heterocycles. The van der Waals surface area contributed by atoms with Crippen LogP contribution in [-0.2, 0) is 14.8 Å². The number of sulfonamides is 1. The van der Waals surface area contributed by atoms with Crippen LogP contribution in [0.15, 0.2) is 53.6 Å². The number of nitrogens with zero attached hydrogens (tertiary/aromatic N) is 2. The molecule has 1 N–H and O–H groups in total. The van der Waals surface area contributed by atoms with Crippen molar-refractivity contribution >= 4 is 27.3 Å². The van der Waals surface area contributed by atoms with E-state index in [1.807, 2.05) is 36.4 Å². The molecule has 0 bridgehead atoms. The molecule has 8 heteroatoms. The van der Waals surface area contributed by atoms with Gasteiger partial charge >= 0.3 is 0 Å². The third-order valence-electron chi connectivity index (χ3n) is 4.51. The highest BCUT2D eigenvalue weighted by Crippen LogP contribution is 2.37. The van der Waals surface area contributed by atoms with Crippen LogP contribution in [0.25, 0.3) is 0 Å². The summed E-state index contributed by atoms with van der Waals surface area (Å²) in [5.41, 5.74) is 2.83. The van der Waals surface area contributed by atoms with Crippen molar-refractivity contribution in [3.8, 4) is 5.75 Å². The highest BCUT2D eigenvalue weighted by molar-refractivity contribution is 7.92. The normalized spacial score (nSPS) is 16.6. The van der Waals surface area contributed by atoms with Crippen LogP contribution in [-0.4, -0.2) is 38.4 Å². The summed E-state index contributed by atoms with van der Waals surface area (Å²) in [4.78, 5) is 12.5. The van der Waals surface area contributed by atoms with E-state index in [0.717, 1.165) is 23.3 Å². The number of rotatable bonds is 6. The van der Waals surface area contributed by atoms with E-state index in [2.05, 4.69) is 9.82 Å². The number of hydrazone groups is 1. The first-order valence-electron chi connectivity index (χ1n) is 8.93. The largest absolute Gasteiger partial charge is 0.497 e. The summed E-state index contributed by atoms with van der Waals surface area (Å²) < 4.78 is 31.2. The maximum absolute atomic E-state index is 12.5. The molecule has 0 aliphatic carbocycles. The molecule has 0 fully saturated rings. The second-order valence-electron chi connectivity index (χ2n) is 6.55. The predicted molar refractivity (Wildman–Crippen MR) is 109 cm³/mol. The molecule has 0 spiro atoms. The van der Waals surface area contributed by atoms with Crippen molar-refractivity contribution in [3.05, 3.63) is 59.7 Å². The van der Waals surface area contributed by atoms with E-state index >= 15 is 0 Å². The van der Waals surface area contributed by atoms with Crippen molar-refractivity contribution in [1.82, 2.24) is 5.01 Å². The fourth-order valence-corrected chi connectivity index (χ4v) is 3.77. The van der Waals surface area contributed by atoms with Crippen molar-refractivity contribution in [2.45, 2.75) is 25.8 Å². The number of hydrogen-bond donors (Lipinski definition) is 1. The first-order valence-corrected chi connectivity index (χ1v) is 10.8. The number of anilines is 1. The van der Waals surface area contributed by atoms with Gasteiger partial charge in [0.25, 0.3) is 0 Å². The van der Waals surface area contributed by atoms with Gasteiger partial charge < -0.3 is 4.74 Å². The van der Waals surface area contributed by atoms with Crippen LogP contribution in [0.4, 0.5) is 5.69 Å². The van der Waals surface area contributed by atoms with Gasteiger partial charge in [0.05, 0.1) is 30.8 Å². The zero-order valence-electron chi connectivity index (χ0n) is 16.0. The van der Waals surface area contributed by atoms with Gasteiger partial charge in [-0.25, -0.2) is 13.4 Å². The minimum atomic E-state index is -3.45. The lowest BCUT2D eigenvalue weighted by Crippen LogP contribution is -2.27. The van der Waals surface area contributed by atoms with E-state index < -0.39 is 10.0 Å². The molecular weight excluding hydrogens is 378 g/mol. The van der Waals surface area contributed by atoms with Gasteiger partial charge in [-0.2, -0.15) is 5.10 Å². The summed E-state index contributed by atoms with van der Waals surface area (Å²) in [6.07, 6.45) is 1.89. The van der Waals surface area contributed by atoms with E-state index in [4.69, 9.17) is 4.74 Å². The van der Waals surface area contributed by atoms with Crippen LogP contribution < -0.4 is 9.46 Å². The van der Waals surface area contributed by atoms with E-state index in [-0.39, 0.29) is 11.9 Å². The van der Waals surface area contributed by atoms with Crippen molar-refractivity contribution in [2.75, 3.05) is 18.1 Å². The van der Waals surface area contributed by atoms with E-state index in [1.54, 1.807) is 26.2 Å². The molecule has 148 valence electrons. The van der Waals surface area contributed by atoms with Crippen molar-refractivity contribution in [1.29, 1.82) is 0 Å². The number of methoxy groups -OCH3 is 1. The van der Waals surface area contributed by atoms with Crippen LogP contribution in [0.3, 0.4) is 0 Å². The van der Waals surface area contributed by atoms with E-state index in [0.29, 0.717) is 24.1 Å². The summed E-state index contributed by atoms with van der Waals surface area (Å²) >= 11 is 0. The standard InChI is InChI=1S/C20H23N3O4S/c1-4-20(24)23-19(16-7-5-6-8-17(16)22-28(3,25)26)13-18(21-23)14-9-11-15(27-2)12-10-14/h5-12,19,22H,4,13H2,1-3H3. The van der Waals surface area contributed by atoms with Gasteiger partial charge in [0.1, 0.15) is 5.75 Å². The van der Waals surface area contributed by atoms with Gasteiger partial charge in [-0.15, -0.1) is 0 Å². The number of carbonyl (C=O) groups is 1. The summed E-state index contributed by atoms with van der Waals surface area (Å²) in [6.45, 7) is 1.78. The quantitative estimate of drug-likeness (QED) is 0.805. The minimum Gasteiger partial charge on any atom is -0.497 e. The Morgan fingerprint density at radius 2 is 1.89 bits per heavy atom. The van der Waals surface area contributed by atoms with Gasteiger partial charge in [0, 0.05) is 18.4 Å². The molecule has 1 aliphatic heterocycles. The average molecular weight is 401 g/mol. The van der Waals surface area contributed by atoms with Gasteiger partial charge in [-0.1, -0.05) is 25.1 Å².